The van der Waals surface area contributed by atoms with E-state index in [-0.39, 0.29) is 5.41 Å². The molecule has 0 heterocycles. The van der Waals surface area contributed by atoms with E-state index in [1.54, 1.807) is 6.08 Å². The van der Waals surface area contributed by atoms with Crippen molar-refractivity contribution in [3.8, 4) is 5.75 Å². The maximum atomic E-state index is 12.2. The predicted octanol–water partition coefficient (Wildman–Crippen LogP) is 4.27. The molecule has 0 aliphatic carbocycles. The maximum absolute atomic E-state index is 12.2. The van der Waals surface area contributed by atoms with Gasteiger partial charge in [0.05, 0.1) is 0 Å². The summed E-state index contributed by atoms with van der Waals surface area (Å²) in [4.78, 5) is 0. The summed E-state index contributed by atoms with van der Waals surface area (Å²) >= 11 is 0. The molecule has 0 radical (unpaired) electrons. The lowest BCUT2D eigenvalue weighted by molar-refractivity contribution is 0.0808. The quantitative estimate of drug-likeness (QED) is 0.763. The Morgan fingerprint density at radius 2 is 2.00 bits per heavy atom. The third-order valence-electron chi connectivity index (χ3n) is 2.43. The van der Waals surface area contributed by atoms with E-state index in [9.17, 15) is 8.78 Å². The van der Waals surface area contributed by atoms with Crippen molar-refractivity contribution < 1.29 is 13.5 Å². The van der Waals surface area contributed by atoms with Crippen LogP contribution in [0.2, 0.25) is 0 Å². The van der Waals surface area contributed by atoms with Crippen LogP contribution in [0, 0.1) is 0 Å². The first-order valence-corrected chi connectivity index (χ1v) is 5.53. The summed E-state index contributed by atoms with van der Waals surface area (Å²) in [6.45, 7) is 9.14. The largest absolute Gasteiger partial charge is 0.487 e. The summed E-state index contributed by atoms with van der Waals surface area (Å²) in [6, 6.07) is 5.59. The molecular weight excluding hydrogens is 222 g/mol. The molecule has 1 rings (SSSR count). The van der Waals surface area contributed by atoms with E-state index in [1.807, 2.05) is 39.0 Å². The third-order valence-corrected chi connectivity index (χ3v) is 2.43. The van der Waals surface area contributed by atoms with Gasteiger partial charge in [-0.25, -0.2) is 8.78 Å². The lowest BCUT2D eigenvalue weighted by Gasteiger charge is -2.24. The van der Waals surface area contributed by atoms with Gasteiger partial charge in [0.2, 0.25) is 0 Å². The van der Waals surface area contributed by atoms with Crippen molar-refractivity contribution in [2.24, 2.45) is 0 Å². The highest BCUT2D eigenvalue weighted by Gasteiger charge is 2.21. The van der Waals surface area contributed by atoms with Gasteiger partial charge in [-0.2, -0.15) is 0 Å². The van der Waals surface area contributed by atoms with Crippen LogP contribution in [0.5, 0.6) is 5.75 Å². The highest BCUT2D eigenvalue weighted by Crippen LogP contribution is 2.34. The van der Waals surface area contributed by atoms with E-state index in [1.165, 1.54) is 0 Å². The van der Waals surface area contributed by atoms with Gasteiger partial charge in [0.1, 0.15) is 12.4 Å². The SMILES string of the molecule is C=Cc1cccc(C(C)(C)C)c1OCC(F)F. The first-order valence-electron chi connectivity index (χ1n) is 5.53. The summed E-state index contributed by atoms with van der Waals surface area (Å²) in [6.07, 6.45) is -0.851. The molecule has 1 nitrogen and oxygen atoms in total. The average molecular weight is 240 g/mol. The fourth-order valence-corrected chi connectivity index (χ4v) is 1.61. The molecule has 0 aliphatic rings. The molecule has 0 aliphatic heterocycles. The summed E-state index contributed by atoms with van der Waals surface area (Å²) in [5.41, 5.74) is 1.50. The molecule has 0 atom stereocenters. The van der Waals surface area contributed by atoms with Crippen molar-refractivity contribution in [3.05, 3.63) is 35.9 Å². The molecule has 17 heavy (non-hydrogen) atoms. The van der Waals surface area contributed by atoms with E-state index < -0.39 is 13.0 Å². The predicted molar refractivity (Wildman–Crippen MR) is 66.7 cm³/mol. The lowest BCUT2D eigenvalue weighted by Crippen LogP contribution is -2.16. The van der Waals surface area contributed by atoms with Crippen LogP contribution in [0.1, 0.15) is 31.9 Å². The maximum Gasteiger partial charge on any atom is 0.272 e. The summed E-state index contributed by atoms with van der Waals surface area (Å²) in [5.74, 6) is 0.510. The van der Waals surface area contributed by atoms with Gasteiger partial charge in [-0.05, 0) is 5.41 Å². The van der Waals surface area contributed by atoms with Crippen LogP contribution in [0.25, 0.3) is 6.08 Å². The minimum Gasteiger partial charge on any atom is -0.487 e. The second kappa shape index (κ2) is 5.30. The molecule has 0 saturated carbocycles. The van der Waals surface area contributed by atoms with Gasteiger partial charge in [0.15, 0.2) is 0 Å². The van der Waals surface area contributed by atoms with Crippen LogP contribution in [0.3, 0.4) is 0 Å². The Morgan fingerprint density at radius 3 is 2.47 bits per heavy atom. The van der Waals surface area contributed by atoms with Crippen molar-refractivity contribution in [1.82, 2.24) is 0 Å². The normalized spacial score (nSPS) is 11.6. The first kappa shape index (κ1) is 13.7. The van der Waals surface area contributed by atoms with Gasteiger partial charge in [-0.3, -0.25) is 0 Å². The zero-order valence-electron chi connectivity index (χ0n) is 10.5. The summed E-state index contributed by atoms with van der Waals surface area (Å²) < 4.78 is 29.7. The van der Waals surface area contributed by atoms with Gasteiger partial charge in [-0.15, -0.1) is 0 Å². The fourth-order valence-electron chi connectivity index (χ4n) is 1.61. The van der Waals surface area contributed by atoms with Crippen LogP contribution in [-0.4, -0.2) is 13.0 Å². The monoisotopic (exact) mass is 240 g/mol. The van der Waals surface area contributed by atoms with Crippen molar-refractivity contribution in [3.63, 3.8) is 0 Å². The molecule has 0 N–H and O–H groups in total. The third kappa shape index (κ3) is 3.55. The lowest BCUT2D eigenvalue weighted by atomic mass is 9.85. The number of ether oxygens (including phenoxy) is 1. The van der Waals surface area contributed by atoms with Gasteiger partial charge >= 0.3 is 0 Å². The van der Waals surface area contributed by atoms with Crippen molar-refractivity contribution in [2.75, 3.05) is 6.61 Å². The molecule has 0 unspecified atom stereocenters. The fraction of sp³-hybridized carbons (Fsp3) is 0.429. The molecule has 1 aromatic carbocycles. The standard InChI is InChI=1S/C14H18F2O/c1-5-10-7-6-8-11(14(2,3)4)13(10)17-9-12(15)16/h5-8,12H,1,9H2,2-4H3. The van der Waals surface area contributed by atoms with Gasteiger partial charge in [0.25, 0.3) is 6.43 Å². The number of para-hydroxylation sites is 1. The molecule has 0 spiro atoms. The molecule has 0 amide bonds. The number of benzene rings is 1. The number of hydrogen-bond acceptors (Lipinski definition) is 1. The Bertz CT molecular complexity index is 392. The number of halogens is 2. The summed E-state index contributed by atoms with van der Waals surface area (Å²) in [7, 11) is 0. The smallest absolute Gasteiger partial charge is 0.272 e. The van der Waals surface area contributed by atoms with E-state index in [0.717, 1.165) is 11.1 Å². The number of rotatable bonds is 4. The van der Waals surface area contributed by atoms with Gasteiger partial charge in [-0.1, -0.05) is 51.6 Å². The van der Waals surface area contributed by atoms with Crippen LogP contribution in [0.15, 0.2) is 24.8 Å². The van der Waals surface area contributed by atoms with Crippen LogP contribution < -0.4 is 4.74 Å². The highest BCUT2D eigenvalue weighted by molar-refractivity contribution is 5.59. The minimum atomic E-state index is -2.47. The Morgan fingerprint density at radius 1 is 1.35 bits per heavy atom. The average Bonchev–Trinajstić information content (AvgIpc) is 2.24. The van der Waals surface area contributed by atoms with Crippen LogP contribution in [0.4, 0.5) is 8.78 Å². The van der Waals surface area contributed by atoms with E-state index in [4.69, 9.17) is 4.74 Å². The van der Waals surface area contributed by atoms with E-state index in [0.29, 0.717) is 5.75 Å². The first-order chi connectivity index (χ1) is 7.86. The molecule has 0 fully saturated rings. The highest BCUT2D eigenvalue weighted by atomic mass is 19.3. The summed E-state index contributed by atoms with van der Waals surface area (Å²) in [5, 5.41) is 0. The van der Waals surface area contributed by atoms with Crippen molar-refractivity contribution in [1.29, 1.82) is 0 Å². The Balaban J connectivity index is 3.16. The molecule has 0 aromatic heterocycles. The van der Waals surface area contributed by atoms with Crippen molar-refractivity contribution in [2.45, 2.75) is 32.6 Å². The second-order valence-electron chi connectivity index (χ2n) is 4.88. The van der Waals surface area contributed by atoms with E-state index in [2.05, 4.69) is 6.58 Å². The molecule has 0 bridgehead atoms. The number of hydrogen-bond donors (Lipinski definition) is 0. The van der Waals surface area contributed by atoms with Crippen LogP contribution in [-0.2, 0) is 5.41 Å². The molecular formula is C14H18F2O. The Hall–Kier alpha value is -1.38. The second-order valence-corrected chi connectivity index (χ2v) is 4.88. The Labute approximate surface area is 101 Å². The zero-order chi connectivity index (χ0) is 13.1. The number of alkyl halides is 2. The molecule has 0 saturated heterocycles. The van der Waals surface area contributed by atoms with Gasteiger partial charge in [0, 0.05) is 11.1 Å². The zero-order valence-corrected chi connectivity index (χ0v) is 10.5. The minimum absolute atomic E-state index is 0.156. The molecule has 94 valence electrons. The van der Waals surface area contributed by atoms with Gasteiger partial charge < -0.3 is 4.74 Å². The Kier molecular flexibility index (Phi) is 4.27. The van der Waals surface area contributed by atoms with E-state index >= 15 is 0 Å². The molecule has 1 aromatic rings. The molecule has 3 heteroatoms. The topological polar surface area (TPSA) is 9.23 Å². The van der Waals surface area contributed by atoms with Crippen molar-refractivity contribution >= 4 is 6.08 Å². The van der Waals surface area contributed by atoms with Crippen LogP contribution >= 0.6 is 0 Å².